The van der Waals surface area contributed by atoms with Crippen molar-refractivity contribution in [3.8, 4) is 0 Å². The maximum Gasteiger partial charge on any atom is 0.306 e. The fourth-order valence-corrected chi connectivity index (χ4v) is 4.89. The molecule has 176 valence electrons. The second-order valence-electron chi connectivity index (χ2n) is 7.63. The summed E-state index contributed by atoms with van der Waals surface area (Å²) in [6, 6.07) is 10.8. The van der Waals surface area contributed by atoms with E-state index >= 15 is 0 Å². The van der Waals surface area contributed by atoms with E-state index in [0.717, 1.165) is 31.4 Å². The average molecular weight is 477 g/mol. The molecule has 3 rings (SSSR count). The summed E-state index contributed by atoms with van der Waals surface area (Å²) in [6.45, 7) is 0.459. The molecular weight excluding hydrogens is 451 g/mol. The van der Waals surface area contributed by atoms with Crippen LogP contribution in [0.2, 0.25) is 0 Å². The third-order valence-electron chi connectivity index (χ3n) is 5.18. The fraction of sp³-hybridized carbons (Fsp3) is 0.348. The van der Waals surface area contributed by atoms with E-state index in [9.17, 15) is 27.2 Å². The number of hydrogen-bond donors (Lipinski definition) is 1. The summed E-state index contributed by atoms with van der Waals surface area (Å²) in [5.74, 6) is -2.12. The Morgan fingerprint density at radius 2 is 1.55 bits per heavy atom. The van der Waals surface area contributed by atoms with Gasteiger partial charge in [0.1, 0.15) is 5.82 Å². The molecule has 1 N–H and O–H groups in total. The number of carbonyl (C=O) groups excluding carboxylic acids is 3. The number of hydrogen-bond acceptors (Lipinski definition) is 6. The predicted octanol–water partition coefficient (Wildman–Crippen LogP) is 3.15. The number of halogens is 1. The van der Waals surface area contributed by atoms with E-state index in [-0.39, 0.29) is 29.1 Å². The number of ketones is 1. The van der Waals surface area contributed by atoms with Crippen molar-refractivity contribution >= 4 is 33.4 Å². The van der Waals surface area contributed by atoms with Crippen molar-refractivity contribution in [2.24, 2.45) is 0 Å². The first-order chi connectivity index (χ1) is 15.8. The molecule has 0 bridgehead atoms. The highest BCUT2D eigenvalue weighted by Gasteiger charge is 2.25. The Kier molecular flexibility index (Phi) is 8.29. The third-order valence-corrected chi connectivity index (χ3v) is 7.09. The number of nitrogens with zero attached hydrogens (tertiary/aromatic N) is 1. The van der Waals surface area contributed by atoms with Gasteiger partial charge in [0.2, 0.25) is 10.0 Å². The molecule has 10 heteroatoms. The van der Waals surface area contributed by atoms with Crippen molar-refractivity contribution in [1.29, 1.82) is 0 Å². The van der Waals surface area contributed by atoms with Crippen molar-refractivity contribution in [2.45, 2.75) is 37.0 Å². The number of rotatable bonds is 9. The number of sulfonamides is 1. The first-order valence-electron chi connectivity index (χ1n) is 10.6. The van der Waals surface area contributed by atoms with E-state index in [1.807, 2.05) is 0 Å². The summed E-state index contributed by atoms with van der Waals surface area (Å²) in [4.78, 5) is 36.0. The molecule has 0 saturated carbocycles. The summed E-state index contributed by atoms with van der Waals surface area (Å²) in [7, 11) is -3.56. The SMILES string of the molecule is O=C(COC(=O)CCC(=O)c1ccc(F)cc1)Nc1ccc(S(=O)(=O)N2CCCCC2)cc1. The zero-order valence-corrected chi connectivity index (χ0v) is 18.8. The number of ether oxygens (including phenoxy) is 1. The van der Waals surface area contributed by atoms with Gasteiger partial charge in [0.25, 0.3) is 5.91 Å². The van der Waals surface area contributed by atoms with Crippen LogP contribution in [0, 0.1) is 5.82 Å². The summed E-state index contributed by atoms with van der Waals surface area (Å²) in [5, 5.41) is 2.52. The van der Waals surface area contributed by atoms with Crippen LogP contribution in [0.1, 0.15) is 42.5 Å². The number of amides is 1. The largest absolute Gasteiger partial charge is 0.456 e. The second-order valence-corrected chi connectivity index (χ2v) is 9.57. The van der Waals surface area contributed by atoms with Crippen LogP contribution in [-0.4, -0.2) is 50.1 Å². The van der Waals surface area contributed by atoms with Gasteiger partial charge in [-0.05, 0) is 61.4 Å². The van der Waals surface area contributed by atoms with E-state index in [4.69, 9.17) is 4.74 Å². The molecule has 0 radical (unpaired) electrons. The van der Waals surface area contributed by atoms with Crippen LogP contribution in [0.4, 0.5) is 10.1 Å². The molecule has 1 fully saturated rings. The minimum atomic E-state index is -3.56. The normalized spacial score (nSPS) is 14.5. The molecule has 1 heterocycles. The lowest BCUT2D eigenvalue weighted by atomic mass is 10.1. The highest BCUT2D eigenvalue weighted by molar-refractivity contribution is 7.89. The van der Waals surface area contributed by atoms with Crippen LogP contribution in [0.3, 0.4) is 0 Å². The number of nitrogens with one attached hydrogen (secondary N) is 1. The minimum absolute atomic E-state index is 0.126. The molecule has 33 heavy (non-hydrogen) atoms. The molecule has 8 nitrogen and oxygen atoms in total. The van der Waals surface area contributed by atoms with Crippen molar-refractivity contribution in [2.75, 3.05) is 25.0 Å². The molecule has 2 aromatic rings. The maximum atomic E-state index is 12.9. The quantitative estimate of drug-likeness (QED) is 0.440. The van der Waals surface area contributed by atoms with Crippen LogP contribution in [-0.2, 0) is 24.3 Å². The van der Waals surface area contributed by atoms with E-state index in [1.54, 1.807) is 0 Å². The Morgan fingerprint density at radius 3 is 2.18 bits per heavy atom. The first-order valence-corrected chi connectivity index (χ1v) is 12.0. The molecule has 0 aromatic heterocycles. The van der Waals surface area contributed by atoms with Gasteiger partial charge in [-0.2, -0.15) is 4.31 Å². The van der Waals surface area contributed by atoms with Gasteiger partial charge in [-0.15, -0.1) is 0 Å². The topological polar surface area (TPSA) is 110 Å². The molecule has 0 atom stereocenters. The standard InChI is InChI=1S/C23H25FN2O6S/c24-18-6-4-17(5-7-18)21(27)12-13-23(29)32-16-22(28)25-19-8-10-20(11-9-19)33(30,31)26-14-2-1-3-15-26/h4-11H,1-3,12-16H2,(H,25,28). The second kappa shape index (κ2) is 11.2. The van der Waals surface area contributed by atoms with Gasteiger partial charge in [0.15, 0.2) is 12.4 Å². The average Bonchev–Trinajstić information content (AvgIpc) is 2.82. The van der Waals surface area contributed by atoms with Crippen molar-refractivity contribution in [3.05, 3.63) is 59.9 Å². The smallest absolute Gasteiger partial charge is 0.306 e. The Bertz CT molecular complexity index is 1090. The highest BCUT2D eigenvalue weighted by atomic mass is 32.2. The Labute approximate surface area is 191 Å². The number of Topliss-reactive ketones (excluding diaryl/α,β-unsaturated/α-hetero) is 1. The fourth-order valence-electron chi connectivity index (χ4n) is 3.38. The van der Waals surface area contributed by atoms with Crippen LogP contribution in [0.25, 0.3) is 0 Å². The monoisotopic (exact) mass is 476 g/mol. The zero-order chi connectivity index (χ0) is 23.8. The maximum absolute atomic E-state index is 12.9. The molecule has 0 aliphatic carbocycles. The van der Waals surface area contributed by atoms with Gasteiger partial charge in [-0.25, -0.2) is 12.8 Å². The van der Waals surface area contributed by atoms with Crippen molar-refractivity contribution < 1.29 is 31.9 Å². The summed E-state index contributed by atoms with van der Waals surface area (Å²) >= 11 is 0. The summed E-state index contributed by atoms with van der Waals surface area (Å²) in [5.41, 5.74) is 0.646. The number of carbonyl (C=O) groups is 3. The molecule has 0 spiro atoms. The van der Waals surface area contributed by atoms with Crippen LogP contribution in [0.15, 0.2) is 53.4 Å². The summed E-state index contributed by atoms with van der Waals surface area (Å²) < 4.78 is 44.5. The molecule has 2 aromatic carbocycles. The summed E-state index contributed by atoms with van der Waals surface area (Å²) in [6.07, 6.45) is 2.36. The van der Waals surface area contributed by atoms with E-state index in [2.05, 4.69) is 5.32 Å². The zero-order valence-electron chi connectivity index (χ0n) is 18.0. The van der Waals surface area contributed by atoms with Gasteiger partial charge in [-0.3, -0.25) is 14.4 Å². The predicted molar refractivity (Wildman–Crippen MR) is 119 cm³/mol. The van der Waals surface area contributed by atoms with Crippen LogP contribution < -0.4 is 5.32 Å². The lowest BCUT2D eigenvalue weighted by Crippen LogP contribution is -2.35. The van der Waals surface area contributed by atoms with E-state index < -0.39 is 34.3 Å². The van der Waals surface area contributed by atoms with Gasteiger partial charge >= 0.3 is 5.97 Å². The molecule has 1 aliphatic heterocycles. The molecular formula is C23H25FN2O6S. The Morgan fingerprint density at radius 1 is 0.909 bits per heavy atom. The molecule has 0 unspecified atom stereocenters. The van der Waals surface area contributed by atoms with Crippen LogP contribution in [0.5, 0.6) is 0 Å². The molecule has 1 amide bonds. The highest BCUT2D eigenvalue weighted by Crippen LogP contribution is 2.22. The lowest BCUT2D eigenvalue weighted by molar-refractivity contribution is -0.147. The van der Waals surface area contributed by atoms with Crippen molar-refractivity contribution in [3.63, 3.8) is 0 Å². The number of esters is 1. The van der Waals surface area contributed by atoms with Gasteiger partial charge in [-0.1, -0.05) is 6.42 Å². The van der Waals surface area contributed by atoms with Gasteiger partial charge in [0, 0.05) is 30.8 Å². The van der Waals surface area contributed by atoms with Gasteiger partial charge < -0.3 is 10.1 Å². The lowest BCUT2D eigenvalue weighted by Gasteiger charge is -2.25. The Hall–Kier alpha value is -3.11. The minimum Gasteiger partial charge on any atom is -0.456 e. The number of anilines is 1. The van der Waals surface area contributed by atoms with Crippen molar-refractivity contribution in [1.82, 2.24) is 4.31 Å². The molecule has 1 saturated heterocycles. The number of piperidine rings is 1. The Balaban J connectivity index is 1.43. The first kappa shape index (κ1) is 24.5. The third kappa shape index (κ3) is 6.93. The van der Waals surface area contributed by atoms with E-state index in [0.29, 0.717) is 18.8 Å². The van der Waals surface area contributed by atoms with Crippen LogP contribution >= 0.6 is 0 Å². The molecule has 1 aliphatic rings. The number of benzene rings is 2. The van der Waals surface area contributed by atoms with Gasteiger partial charge in [0.05, 0.1) is 11.3 Å². The van der Waals surface area contributed by atoms with E-state index in [1.165, 1.54) is 40.7 Å².